The molecule has 0 aliphatic rings. The first kappa shape index (κ1) is 10.9. The Morgan fingerprint density at radius 1 is 1.39 bits per heavy atom. The van der Waals surface area contributed by atoms with Gasteiger partial charge >= 0.3 is 0 Å². The lowest BCUT2D eigenvalue weighted by Crippen LogP contribution is -1.92. The zero-order valence-corrected chi connectivity index (χ0v) is 10.8. The third kappa shape index (κ3) is 1.50. The van der Waals surface area contributed by atoms with Crippen LogP contribution in [0, 0.1) is 18.3 Å². The van der Waals surface area contributed by atoms with Gasteiger partial charge in [-0.3, -0.25) is 0 Å². The number of fused-ring (bicyclic) bond motifs is 1. The van der Waals surface area contributed by atoms with Crippen LogP contribution in [0.2, 0.25) is 0 Å². The molecule has 18 heavy (non-hydrogen) atoms. The fraction of sp³-hybridized carbons (Fsp3) is 0.154. The zero-order chi connectivity index (χ0) is 12.7. The summed E-state index contributed by atoms with van der Waals surface area (Å²) in [5.41, 5.74) is 5.31. The summed E-state index contributed by atoms with van der Waals surface area (Å²) in [4.78, 5) is 9.93. The molecule has 2 heterocycles. The minimum absolute atomic E-state index is 0.633. The summed E-state index contributed by atoms with van der Waals surface area (Å²) in [6.07, 6.45) is 0. The van der Waals surface area contributed by atoms with Gasteiger partial charge < -0.3 is 4.57 Å². The first-order valence-electron chi connectivity index (χ1n) is 5.47. The molecule has 0 radical (unpaired) electrons. The lowest BCUT2D eigenvalue weighted by atomic mass is 10.2. The Bertz CT molecular complexity index is 776. The molecular weight excluding hydrogens is 244 g/mol. The summed E-state index contributed by atoms with van der Waals surface area (Å²) in [6.45, 7) is 1.98. The van der Waals surface area contributed by atoms with Crippen molar-refractivity contribution in [1.82, 2.24) is 14.5 Å². The van der Waals surface area contributed by atoms with Gasteiger partial charge in [-0.25, -0.2) is 9.97 Å². The van der Waals surface area contributed by atoms with Crippen LogP contribution in [0.4, 0.5) is 0 Å². The molecule has 0 fully saturated rings. The molecule has 0 aliphatic carbocycles. The monoisotopic (exact) mass is 254 g/mol. The smallest absolute Gasteiger partial charge is 0.152 e. The quantitative estimate of drug-likeness (QED) is 0.671. The molecular formula is C13H10N4S. The van der Waals surface area contributed by atoms with Gasteiger partial charge in [0.05, 0.1) is 38.7 Å². The number of rotatable bonds is 1. The summed E-state index contributed by atoms with van der Waals surface area (Å²) >= 11 is 1.58. The van der Waals surface area contributed by atoms with Gasteiger partial charge in [0.1, 0.15) is 0 Å². The van der Waals surface area contributed by atoms with Gasteiger partial charge in [-0.2, -0.15) is 5.26 Å². The highest BCUT2D eigenvalue weighted by molar-refractivity contribution is 7.13. The first-order valence-corrected chi connectivity index (χ1v) is 6.35. The molecule has 0 saturated carbocycles. The fourth-order valence-corrected chi connectivity index (χ4v) is 2.82. The molecule has 0 saturated heterocycles. The minimum Gasteiger partial charge on any atom is -0.326 e. The van der Waals surface area contributed by atoms with Crippen LogP contribution in [-0.2, 0) is 7.05 Å². The number of hydrogen-bond acceptors (Lipinski definition) is 4. The van der Waals surface area contributed by atoms with Gasteiger partial charge in [0.25, 0.3) is 0 Å². The maximum absolute atomic E-state index is 8.91. The first-order chi connectivity index (χ1) is 8.70. The summed E-state index contributed by atoms with van der Waals surface area (Å²) < 4.78 is 2.04. The Labute approximate surface area is 108 Å². The van der Waals surface area contributed by atoms with Crippen molar-refractivity contribution in [3.8, 4) is 16.8 Å². The predicted molar refractivity (Wildman–Crippen MR) is 71.3 cm³/mol. The van der Waals surface area contributed by atoms with E-state index >= 15 is 0 Å². The molecule has 0 unspecified atom stereocenters. The molecule has 3 rings (SSSR count). The molecule has 0 aliphatic heterocycles. The van der Waals surface area contributed by atoms with Crippen LogP contribution >= 0.6 is 11.3 Å². The third-order valence-electron chi connectivity index (χ3n) is 2.96. The Morgan fingerprint density at radius 2 is 2.22 bits per heavy atom. The van der Waals surface area contributed by atoms with Crippen LogP contribution in [0.5, 0.6) is 0 Å². The number of aryl methyl sites for hydroxylation is 2. The average Bonchev–Trinajstić information content (AvgIpc) is 2.93. The van der Waals surface area contributed by atoms with Crippen LogP contribution in [0.1, 0.15) is 11.3 Å². The summed E-state index contributed by atoms with van der Waals surface area (Å²) in [6, 6.07) is 7.69. The van der Waals surface area contributed by atoms with Crippen LogP contribution in [-0.4, -0.2) is 14.5 Å². The Kier molecular flexibility index (Phi) is 2.39. The number of hydrogen-bond donors (Lipinski definition) is 0. The maximum Gasteiger partial charge on any atom is 0.152 e. The van der Waals surface area contributed by atoms with Gasteiger partial charge in [-0.15, -0.1) is 11.3 Å². The number of thiazole rings is 1. The molecule has 0 bridgehead atoms. The summed E-state index contributed by atoms with van der Waals surface area (Å²) in [5.74, 6) is 0.903. The molecule has 2 aromatic heterocycles. The zero-order valence-electron chi connectivity index (χ0n) is 10.0. The normalized spacial score (nSPS) is 10.7. The number of nitrogens with zero attached hydrogens (tertiary/aromatic N) is 4. The Balaban J connectivity index is 2.30. The number of benzene rings is 1. The van der Waals surface area contributed by atoms with Gasteiger partial charge in [-0.05, 0) is 25.1 Å². The van der Waals surface area contributed by atoms with Gasteiger partial charge in [-0.1, -0.05) is 0 Å². The Morgan fingerprint density at radius 3 is 2.89 bits per heavy atom. The van der Waals surface area contributed by atoms with Crippen molar-refractivity contribution in [2.45, 2.75) is 6.92 Å². The standard InChI is InChI=1S/C13H10N4S/c1-8-12(18-7-15-8)13-16-10-5-9(6-14)3-4-11(10)17(13)2/h3-5,7H,1-2H3. The Hall–Kier alpha value is -2.19. The SMILES string of the molecule is Cc1ncsc1-c1nc2cc(C#N)ccc2n1C. The van der Waals surface area contributed by atoms with Crippen molar-refractivity contribution in [3.05, 3.63) is 35.0 Å². The van der Waals surface area contributed by atoms with E-state index in [2.05, 4.69) is 16.0 Å². The molecule has 88 valence electrons. The highest BCUT2D eigenvalue weighted by atomic mass is 32.1. The molecule has 3 aromatic rings. The van der Waals surface area contributed by atoms with E-state index in [0.29, 0.717) is 5.56 Å². The van der Waals surface area contributed by atoms with Crippen molar-refractivity contribution < 1.29 is 0 Å². The van der Waals surface area contributed by atoms with Gasteiger partial charge in [0.2, 0.25) is 0 Å². The van der Waals surface area contributed by atoms with Crippen molar-refractivity contribution in [1.29, 1.82) is 5.26 Å². The topological polar surface area (TPSA) is 54.5 Å². The largest absolute Gasteiger partial charge is 0.326 e. The van der Waals surface area contributed by atoms with E-state index in [9.17, 15) is 0 Å². The van der Waals surface area contributed by atoms with Crippen molar-refractivity contribution in [2.75, 3.05) is 0 Å². The molecule has 0 spiro atoms. The van der Waals surface area contributed by atoms with Crippen LogP contribution in [0.3, 0.4) is 0 Å². The van der Waals surface area contributed by atoms with E-state index in [0.717, 1.165) is 27.4 Å². The van der Waals surface area contributed by atoms with Gasteiger partial charge in [0.15, 0.2) is 5.82 Å². The second kappa shape index (κ2) is 3.93. The van der Waals surface area contributed by atoms with Gasteiger partial charge in [0, 0.05) is 7.05 Å². The molecule has 5 heteroatoms. The average molecular weight is 254 g/mol. The second-order valence-electron chi connectivity index (χ2n) is 4.08. The van der Waals surface area contributed by atoms with Crippen LogP contribution in [0.25, 0.3) is 21.7 Å². The predicted octanol–water partition coefficient (Wildman–Crippen LogP) is 2.88. The number of aromatic nitrogens is 3. The van der Waals surface area contributed by atoms with E-state index in [4.69, 9.17) is 5.26 Å². The lowest BCUT2D eigenvalue weighted by molar-refractivity contribution is 0.960. The molecule has 1 aromatic carbocycles. The lowest BCUT2D eigenvalue weighted by Gasteiger charge is -1.99. The van der Waals surface area contributed by atoms with E-state index < -0.39 is 0 Å². The summed E-state index contributed by atoms with van der Waals surface area (Å²) in [5, 5.41) is 8.91. The fourth-order valence-electron chi connectivity index (χ4n) is 1.99. The number of imidazole rings is 1. The third-order valence-corrected chi connectivity index (χ3v) is 3.88. The highest BCUT2D eigenvalue weighted by Gasteiger charge is 2.13. The number of nitriles is 1. The van der Waals surface area contributed by atoms with E-state index in [1.54, 1.807) is 11.3 Å². The molecule has 0 atom stereocenters. The molecule has 4 nitrogen and oxygen atoms in total. The molecule has 0 amide bonds. The van der Waals surface area contributed by atoms with Crippen molar-refractivity contribution in [2.24, 2.45) is 7.05 Å². The minimum atomic E-state index is 0.633. The van der Waals surface area contributed by atoms with Crippen LogP contribution < -0.4 is 0 Å². The van der Waals surface area contributed by atoms with E-state index in [-0.39, 0.29) is 0 Å². The highest BCUT2D eigenvalue weighted by Crippen LogP contribution is 2.29. The van der Waals surface area contributed by atoms with E-state index in [1.165, 1.54) is 0 Å². The van der Waals surface area contributed by atoms with Crippen molar-refractivity contribution >= 4 is 22.4 Å². The van der Waals surface area contributed by atoms with Crippen molar-refractivity contribution in [3.63, 3.8) is 0 Å². The van der Waals surface area contributed by atoms with Crippen LogP contribution in [0.15, 0.2) is 23.7 Å². The summed E-state index contributed by atoms with van der Waals surface area (Å²) in [7, 11) is 1.98. The maximum atomic E-state index is 8.91. The van der Waals surface area contributed by atoms with E-state index in [1.807, 2.05) is 42.2 Å². The molecule has 0 N–H and O–H groups in total. The second-order valence-corrected chi connectivity index (χ2v) is 4.93.